The predicted molar refractivity (Wildman–Crippen MR) is 79.1 cm³/mol. The number of aliphatic imine (C=N–C) groups is 1. The summed E-state index contributed by atoms with van der Waals surface area (Å²) in [4.78, 5) is 15.8. The number of amidine groups is 1. The molecule has 2 N–H and O–H groups in total. The molecule has 1 saturated heterocycles. The zero-order valence-electron chi connectivity index (χ0n) is 11.9. The second-order valence-electron chi connectivity index (χ2n) is 5.59. The summed E-state index contributed by atoms with van der Waals surface area (Å²) in [5, 5.41) is 7.25. The third-order valence-corrected chi connectivity index (χ3v) is 3.92. The van der Waals surface area contributed by atoms with Gasteiger partial charge in [0.15, 0.2) is 5.17 Å². The van der Waals surface area contributed by atoms with E-state index >= 15 is 0 Å². The van der Waals surface area contributed by atoms with Gasteiger partial charge in [-0.3, -0.25) is 9.79 Å². The number of hydrogen-bond donors (Lipinski definition) is 2. The molecule has 0 spiro atoms. The molecule has 0 aromatic rings. The fraction of sp³-hybridized carbons (Fsp3) is 0.846. The lowest BCUT2D eigenvalue weighted by Crippen LogP contribution is -2.46. The van der Waals surface area contributed by atoms with Crippen molar-refractivity contribution >= 4 is 22.8 Å². The molecule has 1 amide bonds. The second-order valence-corrected chi connectivity index (χ2v) is 6.67. The molecule has 104 valence electrons. The van der Waals surface area contributed by atoms with Gasteiger partial charge in [0.2, 0.25) is 5.91 Å². The van der Waals surface area contributed by atoms with Crippen LogP contribution in [-0.2, 0) is 4.79 Å². The third-order valence-electron chi connectivity index (χ3n) is 2.96. The minimum atomic E-state index is 0.0787. The Morgan fingerprint density at radius 1 is 1.56 bits per heavy atom. The molecule has 5 heteroatoms. The maximum Gasteiger partial charge on any atom is 0.221 e. The topological polar surface area (TPSA) is 53.5 Å². The van der Waals surface area contributed by atoms with E-state index in [0.29, 0.717) is 25.6 Å². The van der Waals surface area contributed by atoms with Crippen molar-refractivity contribution in [3.05, 3.63) is 0 Å². The van der Waals surface area contributed by atoms with Gasteiger partial charge >= 0.3 is 0 Å². The highest BCUT2D eigenvalue weighted by molar-refractivity contribution is 8.13. The molecule has 1 aliphatic rings. The predicted octanol–water partition coefficient (Wildman–Crippen LogP) is 2.01. The summed E-state index contributed by atoms with van der Waals surface area (Å²) < 4.78 is 0. The molecule has 1 aliphatic heterocycles. The van der Waals surface area contributed by atoms with Gasteiger partial charge < -0.3 is 10.6 Å². The van der Waals surface area contributed by atoms with E-state index in [9.17, 15) is 4.79 Å². The zero-order valence-corrected chi connectivity index (χ0v) is 12.7. The van der Waals surface area contributed by atoms with Crippen molar-refractivity contribution in [3.63, 3.8) is 0 Å². The lowest BCUT2D eigenvalue weighted by molar-refractivity contribution is -0.120. The third kappa shape index (κ3) is 5.29. The van der Waals surface area contributed by atoms with Crippen LogP contribution >= 0.6 is 11.8 Å². The van der Waals surface area contributed by atoms with Crippen LogP contribution in [0.5, 0.6) is 0 Å². The molecule has 1 unspecified atom stereocenters. The molecule has 1 atom stereocenters. The van der Waals surface area contributed by atoms with Gasteiger partial charge in [-0.15, -0.1) is 0 Å². The van der Waals surface area contributed by atoms with E-state index in [1.165, 1.54) is 6.42 Å². The Morgan fingerprint density at radius 3 is 2.89 bits per heavy atom. The number of amides is 1. The minimum absolute atomic E-state index is 0.0787. The molecule has 0 aliphatic carbocycles. The van der Waals surface area contributed by atoms with Crippen LogP contribution in [0.15, 0.2) is 4.99 Å². The molecule has 1 rings (SSSR count). The van der Waals surface area contributed by atoms with Crippen molar-refractivity contribution in [2.45, 2.75) is 46.6 Å². The Bertz CT molecular complexity index is 310. The number of carbonyl (C=O) groups is 1. The van der Waals surface area contributed by atoms with Crippen molar-refractivity contribution in [1.82, 2.24) is 10.6 Å². The second kappa shape index (κ2) is 7.02. The number of hydrogen-bond acceptors (Lipinski definition) is 3. The summed E-state index contributed by atoms with van der Waals surface area (Å²) in [7, 11) is 0. The quantitative estimate of drug-likeness (QED) is 0.822. The van der Waals surface area contributed by atoms with Gasteiger partial charge in [0.05, 0.1) is 6.54 Å². The van der Waals surface area contributed by atoms with Crippen LogP contribution in [0.3, 0.4) is 0 Å². The number of thioether (sulfide) groups is 1. The maximum atomic E-state index is 11.3. The highest BCUT2D eigenvalue weighted by Gasteiger charge is 2.28. The van der Waals surface area contributed by atoms with Crippen LogP contribution in [0.1, 0.15) is 40.5 Å². The van der Waals surface area contributed by atoms with E-state index in [0.717, 1.165) is 10.9 Å². The Balaban J connectivity index is 2.39. The highest BCUT2D eigenvalue weighted by Crippen LogP contribution is 2.27. The highest BCUT2D eigenvalue weighted by atomic mass is 32.2. The van der Waals surface area contributed by atoms with E-state index < -0.39 is 0 Å². The normalized spacial score (nSPS) is 22.7. The van der Waals surface area contributed by atoms with Crippen LogP contribution in [-0.4, -0.2) is 36.0 Å². The Hall–Kier alpha value is -0.710. The molecule has 0 aromatic heterocycles. The first-order valence-electron chi connectivity index (χ1n) is 6.64. The van der Waals surface area contributed by atoms with Gasteiger partial charge in [0.25, 0.3) is 0 Å². The standard InChI is InChI=1S/C13H25N3OS/c1-5-14-11(17)6-8-15-12-16-10(7-9-18-12)13(2,3)4/h10H,5-9H2,1-4H3,(H,14,17)(H,15,16). The molecule has 0 aromatic carbocycles. The zero-order chi connectivity index (χ0) is 13.6. The van der Waals surface area contributed by atoms with Crippen LogP contribution in [0, 0.1) is 5.41 Å². The average molecular weight is 271 g/mol. The summed E-state index contributed by atoms with van der Waals surface area (Å²) >= 11 is 1.76. The molecule has 0 saturated carbocycles. The van der Waals surface area contributed by atoms with Gasteiger partial charge in [-0.2, -0.15) is 0 Å². The van der Waals surface area contributed by atoms with Gasteiger partial charge in [0, 0.05) is 24.8 Å². The van der Waals surface area contributed by atoms with Gasteiger partial charge in [-0.1, -0.05) is 32.5 Å². The van der Waals surface area contributed by atoms with Crippen LogP contribution in [0.25, 0.3) is 0 Å². The van der Waals surface area contributed by atoms with Crippen molar-refractivity contribution in [3.8, 4) is 0 Å². The first-order chi connectivity index (χ1) is 8.43. The van der Waals surface area contributed by atoms with Crippen molar-refractivity contribution in [2.24, 2.45) is 10.4 Å². The van der Waals surface area contributed by atoms with E-state index in [2.05, 4.69) is 36.4 Å². The molecule has 4 nitrogen and oxygen atoms in total. The number of nitrogens with one attached hydrogen (secondary N) is 2. The van der Waals surface area contributed by atoms with E-state index in [4.69, 9.17) is 0 Å². The monoisotopic (exact) mass is 271 g/mol. The van der Waals surface area contributed by atoms with Crippen molar-refractivity contribution in [1.29, 1.82) is 0 Å². The van der Waals surface area contributed by atoms with Crippen molar-refractivity contribution < 1.29 is 4.79 Å². The van der Waals surface area contributed by atoms with Gasteiger partial charge in [-0.05, 0) is 18.8 Å². The summed E-state index contributed by atoms with van der Waals surface area (Å²) in [6.07, 6.45) is 1.64. The molecule has 0 radical (unpaired) electrons. The lowest BCUT2D eigenvalue weighted by Gasteiger charge is -2.35. The fourth-order valence-corrected chi connectivity index (χ4v) is 2.78. The minimum Gasteiger partial charge on any atom is -0.362 e. The van der Waals surface area contributed by atoms with E-state index in [-0.39, 0.29) is 11.3 Å². The molecule has 1 heterocycles. The maximum absolute atomic E-state index is 11.3. The average Bonchev–Trinajstić information content (AvgIpc) is 2.29. The molecular weight excluding hydrogens is 246 g/mol. The Labute approximate surface area is 114 Å². The fourth-order valence-electron chi connectivity index (χ4n) is 1.82. The SMILES string of the molecule is CCNC(=O)CCN=C1NC(C(C)(C)C)CCS1. The summed E-state index contributed by atoms with van der Waals surface area (Å²) in [6.45, 7) is 9.91. The smallest absolute Gasteiger partial charge is 0.221 e. The number of rotatable bonds is 4. The van der Waals surface area contributed by atoms with Gasteiger partial charge in [-0.25, -0.2) is 0 Å². The van der Waals surface area contributed by atoms with E-state index in [1.54, 1.807) is 11.8 Å². The van der Waals surface area contributed by atoms with Gasteiger partial charge in [0.1, 0.15) is 0 Å². The van der Waals surface area contributed by atoms with Crippen molar-refractivity contribution in [2.75, 3.05) is 18.8 Å². The van der Waals surface area contributed by atoms with Crippen LogP contribution in [0.4, 0.5) is 0 Å². The molecular formula is C13H25N3OS. The molecule has 18 heavy (non-hydrogen) atoms. The number of nitrogens with zero attached hydrogens (tertiary/aromatic N) is 1. The molecule has 0 bridgehead atoms. The lowest BCUT2D eigenvalue weighted by atomic mass is 9.85. The Morgan fingerprint density at radius 2 is 2.28 bits per heavy atom. The summed E-state index contributed by atoms with van der Waals surface area (Å²) in [5.41, 5.74) is 0.251. The Kier molecular flexibility index (Phi) is 5.99. The largest absolute Gasteiger partial charge is 0.362 e. The first-order valence-corrected chi connectivity index (χ1v) is 7.62. The summed E-state index contributed by atoms with van der Waals surface area (Å²) in [5.74, 6) is 1.18. The molecule has 1 fully saturated rings. The van der Waals surface area contributed by atoms with Crippen LogP contribution in [0.2, 0.25) is 0 Å². The van der Waals surface area contributed by atoms with Crippen LogP contribution < -0.4 is 10.6 Å². The first kappa shape index (κ1) is 15.3. The summed E-state index contributed by atoms with van der Waals surface area (Å²) in [6, 6.07) is 0.474. The number of carbonyl (C=O) groups excluding carboxylic acids is 1. The van der Waals surface area contributed by atoms with E-state index in [1.807, 2.05) is 6.92 Å².